The van der Waals surface area contributed by atoms with Crippen LogP contribution in [0.15, 0.2) is 6.07 Å². The second-order valence-corrected chi connectivity index (χ2v) is 3.12. The normalized spacial score (nSPS) is 12.6. The lowest BCUT2D eigenvalue weighted by Crippen LogP contribution is -2.08. The van der Waals surface area contributed by atoms with E-state index in [9.17, 15) is 0 Å². The van der Waals surface area contributed by atoms with Gasteiger partial charge in [-0.1, -0.05) is 11.6 Å². The molecule has 13 heavy (non-hydrogen) atoms. The lowest BCUT2D eigenvalue weighted by molar-refractivity contribution is 0.192. The molecule has 1 rings (SSSR count). The molecule has 5 heteroatoms. The van der Waals surface area contributed by atoms with Crippen molar-refractivity contribution in [1.82, 2.24) is 10.2 Å². The van der Waals surface area contributed by atoms with Gasteiger partial charge in [0.15, 0.2) is 5.15 Å². The molecule has 0 radical (unpaired) electrons. The Morgan fingerprint density at radius 2 is 2.31 bits per heavy atom. The van der Waals surface area contributed by atoms with E-state index in [1.54, 1.807) is 13.0 Å². The number of hydrogen-bond donors (Lipinski definition) is 1. The number of ether oxygens (including phenoxy) is 1. The Labute approximate surface area is 81.5 Å². The Balaban J connectivity index is 2.92. The van der Waals surface area contributed by atoms with E-state index >= 15 is 0 Å². The topological polar surface area (TPSA) is 55.2 Å². The predicted octanol–water partition coefficient (Wildman–Crippen LogP) is 1.06. The van der Waals surface area contributed by atoms with Crippen molar-refractivity contribution in [2.24, 2.45) is 0 Å². The first-order chi connectivity index (χ1) is 6.13. The molecule has 1 aromatic rings. The maximum Gasteiger partial charge on any atom is 0.155 e. The van der Waals surface area contributed by atoms with Crippen molar-refractivity contribution >= 4 is 11.6 Å². The van der Waals surface area contributed by atoms with Crippen LogP contribution in [-0.4, -0.2) is 28.5 Å². The van der Waals surface area contributed by atoms with Crippen molar-refractivity contribution in [1.29, 1.82) is 0 Å². The third-order valence-corrected chi connectivity index (χ3v) is 1.69. The summed E-state index contributed by atoms with van der Waals surface area (Å²) >= 11 is 5.62. The number of aromatic nitrogens is 2. The molecular weight excluding hydrogens is 192 g/mol. The molecule has 0 saturated heterocycles. The number of nitrogens with zero attached hydrogens (tertiary/aromatic N) is 2. The van der Waals surface area contributed by atoms with Gasteiger partial charge in [-0.25, -0.2) is 0 Å². The van der Waals surface area contributed by atoms with E-state index in [1.165, 1.54) is 7.11 Å². The number of aliphatic hydroxyl groups excluding tert-OH is 1. The van der Waals surface area contributed by atoms with E-state index in [0.717, 1.165) is 0 Å². The Kier molecular flexibility index (Phi) is 3.45. The van der Waals surface area contributed by atoms with Crippen LogP contribution in [0.25, 0.3) is 0 Å². The highest BCUT2D eigenvalue weighted by molar-refractivity contribution is 6.29. The minimum Gasteiger partial charge on any atom is -0.495 e. The first kappa shape index (κ1) is 10.2. The van der Waals surface area contributed by atoms with Gasteiger partial charge in [0.25, 0.3) is 0 Å². The second-order valence-electron chi connectivity index (χ2n) is 2.74. The van der Waals surface area contributed by atoms with Gasteiger partial charge in [-0.2, -0.15) is 5.10 Å². The summed E-state index contributed by atoms with van der Waals surface area (Å²) in [6.07, 6.45) is -0.0581. The number of rotatable bonds is 3. The molecule has 0 aliphatic rings. The van der Waals surface area contributed by atoms with Gasteiger partial charge < -0.3 is 9.84 Å². The fourth-order valence-electron chi connectivity index (χ4n) is 0.976. The highest BCUT2D eigenvalue weighted by atomic mass is 35.5. The average molecular weight is 203 g/mol. The number of hydrogen-bond acceptors (Lipinski definition) is 4. The molecule has 1 heterocycles. The van der Waals surface area contributed by atoms with Crippen LogP contribution in [0, 0.1) is 0 Å². The summed E-state index contributed by atoms with van der Waals surface area (Å²) < 4.78 is 5.03. The lowest BCUT2D eigenvalue weighted by Gasteiger charge is -2.07. The molecule has 0 aliphatic carbocycles. The average Bonchev–Trinajstić information content (AvgIpc) is 2.07. The molecule has 0 fully saturated rings. The van der Waals surface area contributed by atoms with Gasteiger partial charge in [0.2, 0.25) is 0 Å². The van der Waals surface area contributed by atoms with Crippen molar-refractivity contribution < 1.29 is 9.84 Å². The summed E-state index contributed by atoms with van der Waals surface area (Å²) in [7, 11) is 1.53. The second kappa shape index (κ2) is 4.39. The van der Waals surface area contributed by atoms with Crippen LogP contribution in [-0.2, 0) is 6.42 Å². The summed E-state index contributed by atoms with van der Waals surface area (Å²) in [5.41, 5.74) is 0.613. The molecule has 0 aliphatic heterocycles. The SMILES string of the molecule is COc1cc(Cl)nnc1CC(C)O. The largest absolute Gasteiger partial charge is 0.495 e. The van der Waals surface area contributed by atoms with Crippen LogP contribution in [0.5, 0.6) is 5.75 Å². The zero-order valence-corrected chi connectivity index (χ0v) is 8.25. The summed E-state index contributed by atoms with van der Waals surface area (Å²) in [6, 6.07) is 1.58. The van der Waals surface area contributed by atoms with Gasteiger partial charge in [-0.3, -0.25) is 0 Å². The highest BCUT2D eigenvalue weighted by Crippen LogP contribution is 2.19. The monoisotopic (exact) mass is 202 g/mol. The molecule has 1 unspecified atom stereocenters. The van der Waals surface area contributed by atoms with Gasteiger partial charge in [0.05, 0.1) is 13.2 Å². The van der Waals surface area contributed by atoms with E-state index < -0.39 is 6.10 Å². The van der Waals surface area contributed by atoms with Crippen LogP contribution >= 0.6 is 11.6 Å². The third kappa shape index (κ3) is 2.82. The van der Waals surface area contributed by atoms with Crippen LogP contribution in [0.1, 0.15) is 12.6 Å². The minimum absolute atomic E-state index is 0.284. The molecular formula is C8H11ClN2O2. The van der Waals surface area contributed by atoms with Crippen LogP contribution in [0.3, 0.4) is 0 Å². The van der Waals surface area contributed by atoms with E-state index in [1.807, 2.05) is 0 Å². The number of methoxy groups -OCH3 is 1. The summed E-state index contributed by atoms with van der Waals surface area (Å²) in [4.78, 5) is 0. The minimum atomic E-state index is -0.468. The Hall–Kier alpha value is -0.870. The molecule has 1 N–H and O–H groups in total. The van der Waals surface area contributed by atoms with Gasteiger partial charge in [-0.15, -0.1) is 5.10 Å². The van der Waals surface area contributed by atoms with Crippen molar-refractivity contribution in [3.63, 3.8) is 0 Å². The molecule has 1 aromatic heterocycles. The van der Waals surface area contributed by atoms with Crippen molar-refractivity contribution in [2.75, 3.05) is 7.11 Å². The van der Waals surface area contributed by atoms with E-state index in [-0.39, 0.29) is 5.15 Å². The molecule has 0 spiro atoms. The zero-order chi connectivity index (χ0) is 9.84. The Morgan fingerprint density at radius 3 is 2.85 bits per heavy atom. The van der Waals surface area contributed by atoms with E-state index in [4.69, 9.17) is 21.4 Å². The third-order valence-electron chi connectivity index (χ3n) is 1.51. The molecule has 72 valence electrons. The fourth-order valence-corrected chi connectivity index (χ4v) is 1.11. The zero-order valence-electron chi connectivity index (χ0n) is 7.49. The van der Waals surface area contributed by atoms with Crippen LogP contribution in [0.4, 0.5) is 0 Å². The van der Waals surface area contributed by atoms with Gasteiger partial charge in [-0.05, 0) is 6.92 Å². The van der Waals surface area contributed by atoms with Crippen molar-refractivity contribution in [3.05, 3.63) is 16.9 Å². The maximum atomic E-state index is 9.14. The standard InChI is InChI=1S/C8H11ClN2O2/c1-5(12)3-6-7(13-2)4-8(9)11-10-6/h4-5,12H,3H2,1-2H3. The van der Waals surface area contributed by atoms with Gasteiger partial charge in [0.1, 0.15) is 11.4 Å². The Morgan fingerprint density at radius 1 is 1.62 bits per heavy atom. The summed E-state index contributed by atoms with van der Waals surface area (Å²) in [5, 5.41) is 16.9. The maximum absolute atomic E-state index is 9.14. The Bertz CT molecular complexity index is 291. The van der Waals surface area contributed by atoms with E-state index in [2.05, 4.69) is 10.2 Å². The first-order valence-corrected chi connectivity index (χ1v) is 4.25. The first-order valence-electron chi connectivity index (χ1n) is 3.87. The molecule has 0 aromatic carbocycles. The predicted molar refractivity (Wildman–Crippen MR) is 49.0 cm³/mol. The van der Waals surface area contributed by atoms with E-state index in [0.29, 0.717) is 17.9 Å². The summed E-state index contributed by atoms with van der Waals surface area (Å²) in [6.45, 7) is 1.68. The highest BCUT2D eigenvalue weighted by Gasteiger charge is 2.09. The van der Waals surface area contributed by atoms with Crippen molar-refractivity contribution in [3.8, 4) is 5.75 Å². The van der Waals surface area contributed by atoms with Gasteiger partial charge >= 0.3 is 0 Å². The van der Waals surface area contributed by atoms with Crippen LogP contribution < -0.4 is 4.74 Å². The quantitative estimate of drug-likeness (QED) is 0.797. The van der Waals surface area contributed by atoms with Crippen molar-refractivity contribution in [2.45, 2.75) is 19.4 Å². The summed E-state index contributed by atoms with van der Waals surface area (Å²) in [5.74, 6) is 0.556. The van der Waals surface area contributed by atoms with Crippen LogP contribution in [0.2, 0.25) is 5.15 Å². The number of halogens is 1. The number of aliphatic hydroxyl groups is 1. The molecule has 0 saturated carbocycles. The molecule has 4 nitrogen and oxygen atoms in total. The fraction of sp³-hybridized carbons (Fsp3) is 0.500. The molecule has 0 amide bonds. The molecule has 0 bridgehead atoms. The lowest BCUT2D eigenvalue weighted by atomic mass is 10.2. The van der Waals surface area contributed by atoms with Gasteiger partial charge in [0, 0.05) is 12.5 Å². The smallest absolute Gasteiger partial charge is 0.155 e. The molecule has 1 atom stereocenters.